The number of aryl methyl sites for hydroxylation is 2. The number of amides is 1. The van der Waals surface area contributed by atoms with Crippen LogP contribution < -0.4 is 5.32 Å². The van der Waals surface area contributed by atoms with Gasteiger partial charge in [0.1, 0.15) is 5.56 Å². The zero-order chi connectivity index (χ0) is 18.1. The Kier molecular flexibility index (Phi) is 4.94. The van der Waals surface area contributed by atoms with Gasteiger partial charge in [-0.15, -0.1) is 0 Å². The average Bonchev–Trinajstić information content (AvgIpc) is 2.95. The topological polar surface area (TPSA) is 79.5 Å². The fraction of sp³-hybridized carbons (Fsp3) is 0.235. The maximum absolute atomic E-state index is 12.4. The van der Waals surface area contributed by atoms with Crippen LogP contribution >= 0.6 is 23.2 Å². The van der Waals surface area contributed by atoms with Gasteiger partial charge in [0.25, 0.3) is 5.91 Å². The van der Waals surface area contributed by atoms with Gasteiger partial charge in [0.15, 0.2) is 5.65 Å². The molecular weight excluding hydrogens is 363 g/mol. The maximum atomic E-state index is 12.4. The van der Waals surface area contributed by atoms with Crippen LogP contribution in [0.25, 0.3) is 5.65 Å². The Morgan fingerprint density at radius 2 is 1.92 bits per heavy atom. The van der Waals surface area contributed by atoms with Gasteiger partial charge in [-0.05, 0) is 43.7 Å². The van der Waals surface area contributed by atoms with E-state index in [9.17, 15) is 9.90 Å². The third-order valence-corrected chi connectivity index (χ3v) is 4.18. The molecule has 1 unspecified atom stereocenters. The summed E-state index contributed by atoms with van der Waals surface area (Å²) in [7, 11) is 0. The molecule has 25 heavy (non-hydrogen) atoms. The van der Waals surface area contributed by atoms with Crippen LogP contribution in [0.1, 0.15) is 33.4 Å². The van der Waals surface area contributed by atoms with Gasteiger partial charge in [0, 0.05) is 28.0 Å². The lowest BCUT2D eigenvalue weighted by atomic mass is 10.1. The zero-order valence-electron chi connectivity index (χ0n) is 13.6. The lowest BCUT2D eigenvalue weighted by Crippen LogP contribution is -2.28. The second-order valence-electron chi connectivity index (χ2n) is 5.76. The van der Waals surface area contributed by atoms with Crippen molar-refractivity contribution in [2.24, 2.45) is 0 Å². The Balaban J connectivity index is 1.77. The van der Waals surface area contributed by atoms with Gasteiger partial charge < -0.3 is 10.4 Å². The number of nitrogens with zero attached hydrogens (tertiary/aromatic N) is 3. The molecule has 0 saturated carbocycles. The number of hydrogen-bond donors (Lipinski definition) is 2. The predicted molar refractivity (Wildman–Crippen MR) is 96.2 cm³/mol. The van der Waals surface area contributed by atoms with Crippen molar-refractivity contribution in [2.45, 2.75) is 20.0 Å². The van der Waals surface area contributed by atoms with E-state index >= 15 is 0 Å². The molecule has 0 radical (unpaired) electrons. The molecule has 8 heteroatoms. The first-order valence-electron chi connectivity index (χ1n) is 7.59. The standard InChI is InChI=1S/C17H16Cl2N4O2/c1-9-3-10(2)23-16(22-9)14(7-21-23)17(25)20-8-15(24)11-4-12(18)6-13(19)5-11/h3-7,15,24H,8H2,1-2H3,(H,20,25). The molecule has 2 heterocycles. The Bertz CT molecular complexity index is 935. The number of carbonyl (C=O) groups excluding carboxylic acids is 1. The highest BCUT2D eigenvalue weighted by Crippen LogP contribution is 2.23. The van der Waals surface area contributed by atoms with Gasteiger partial charge in [0.2, 0.25) is 0 Å². The summed E-state index contributed by atoms with van der Waals surface area (Å²) in [6.45, 7) is 3.76. The van der Waals surface area contributed by atoms with Gasteiger partial charge in [-0.1, -0.05) is 23.2 Å². The van der Waals surface area contributed by atoms with E-state index in [-0.39, 0.29) is 12.5 Å². The molecule has 1 aromatic carbocycles. The number of aromatic nitrogens is 3. The van der Waals surface area contributed by atoms with E-state index in [0.717, 1.165) is 11.4 Å². The molecule has 6 nitrogen and oxygen atoms in total. The van der Waals surface area contributed by atoms with E-state index in [1.54, 1.807) is 22.7 Å². The number of halogens is 2. The highest BCUT2D eigenvalue weighted by atomic mass is 35.5. The van der Waals surface area contributed by atoms with Crippen LogP contribution in [-0.2, 0) is 0 Å². The summed E-state index contributed by atoms with van der Waals surface area (Å²) in [5.41, 5.74) is 3.05. The number of benzene rings is 1. The minimum absolute atomic E-state index is 0.0115. The molecule has 3 aromatic rings. The molecule has 3 rings (SSSR count). The second-order valence-corrected chi connectivity index (χ2v) is 6.63. The molecule has 2 N–H and O–H groups in total. The van der Waals surface area contributed by atoms with Crippen molar-refractivity contribution in [3.05, 3.63) is 63.0 Å². The zero-order valence-corrected chi connectivity index (χ0v) is 15.1. The van der Waals surface area contributed by atoms with Crippen molar-refractivity contribution in [1.29, 1.82) is 0 Å². The quantitative estimate of drug-likeness (QED) is 0.730. The van der Waals surface area contributed by atoms with Crippen LogP contribution in [-0.4, -0.2) is 32.2 Å². The van der Waals surface area contributed by atoms with Crippen molar-refractivity contribution in [2.75, 3.05) is 6.54 Å². The van der Waals surface area contributed by atoms with Gasteiger partial charge in [-0.25, -0.2) is 9.50 Å². The van der Waals surface area contributed by atoms with Crippen LogP contribution in [0.3, 0.4) is 0 Å². The van der Waals surface area contributed by atoms with E-state index in [1.807, 2.05) is 19.9 Å². The summed E-state index contributed by atoms with van der Waals surface area (Å²) >= 11 is 11.9. The van der Waals surface area contributed by atoms with E-state index in [1.165, 1.54) is 6.20 Å². The normalized spacial score (nSPS) is 12.4. The number of hydrogen-bond acceptors (Lipinski definition) is 4. The summed E-state index contributed by atoms with van der Waals surface area (Å²) in [5, 5.41) is 18.0. The molecule has 1 atom stereocenters. The maximum Gasteiger partial charge on any atom is 0.256 e. The molecule has 0 aliphatic carbocycles. The fourth-order valence-corrected chi connectivity index (χ4v) is 3.14. The fourth-order valence-electron chi connectivity index (χ4n) is 2.60. The van der Waals surface area contributed by atoms with Crippen molar-refractivity contribution in [3.63, 3.8) is 0 Å². The lowest BCUT2D eigenvalue weighted by molar-refractivity contribution is 0.0917. The molecule has 130 valence electrons. The molecule has 0 spiro atoms. The van der Waals surface area contributed by atoms with Crippen LogP contribution in [0, 0.1) is 13.8 Å². The van der Waals surface area contributed by atoms with Gasteiger partial charge >= 0.3 is 0 Å². The number of aliphatic hydroxyl groups excluding tert-OH is 1. The van der Waals surface area contributed by atoms with Crippen LogP contribution in [0.5, 0.6) is 0 Å². The van der Waals surface area contributed by atoms with Crippen molar-refractivity contribution >= 4 is 34.8 Å². The number of aliphatic hydroxyl groups is 1. The van der Waals surface area contributed by atoms with Gasteiger partial charge in [-0.3, -0.25) is 4.79 Å². The number of rotatable bonds is 4. The molecule has 2 aromatic heterocycles. The van der Waals surface area contributed by atoms with Crippen molar-refractivity contribution in [1.82, 2.24) is 19.9 Å². The predicted octanol–water partition coefficient (Wildman–Crippen LogP) is 3.12. The molecule has 0 aliphatic heterocycles. The lowest BCUT2D eigenvalue weighted by Gasteiger charge is -2.13. The van der Waals surface area contributed by atoms with E-state index in [0.29, 0.717) is 26.8 Å². The van der Waals surface area contributed by atoms with Gasteiger partial charge in [0.05, 0.1) is 12.3 Å². The summed E-state index contributed by atoms with van der Waals surface area (Å²) < 4.78 is 1.61. The van der Waals surface area contributed by atoms with Crippen molar-refractivity contribution in [3.8, 4) is 0 Å². The highest BCUT2D eigenvalue weighted by molar-refractivity contribution is 6.34. The average molecular weight is 379 g/mol. The van der Waals surface area contributed by atoms with Crippen molar-refractivity contribution < 1.29 is 9.90 Å². The SMILES string of the molecule is Cc1cc(C)n2ncc(C(=O)NCC(O)c3cc(Cl)cc(Cl)c3)c2n1. The Morgan fingerprint density at radius 3 is 2.60 bits per heavy atom. The minimum atomic E-state index is -0.932. The molecule has 0 saturated heterocycles. The molecule has 0 fully saturated rings. The highest BCUT2D eigenvalue weighted by Gasteiger charge is 2.17. The Hall–Kier alpha value is -2.15. The number of carbonyl (C=O) groups is 1. The van der Waals surface area contributed by atoms with Crippen LogP contribution in [0.15, 0.2) is 30.5 Å². The summed E-state index contributed by atoms with van der Waals surface area (Å²) in [6, 6.07) is 6.67. The smallest absolute Gasteiger partial charge is 0.256 e. The number of fused-ring (bicyclic) bond motifs is 1. The van der Waals surface area contributed by atoms with E-state index < -0.39 is 6.10 Å². The van der Waals surface area contributed by atoms with E-state index in [2.05, 4.69) is 15.4 Å². The minimum Gasteiger partial charge on any atom is -0.387 e. The Morgan fingerprint density at radius 1 is 1.24 bits per heavy atom. The molecule has 0 bridgehead atoms. The van der Waals surface area contributed by atoms with Gasteiger partial charge in [-0.2, -0.15) is 5.10 Å². The summed E-state index contributed by atoms with van der Waals surface area (Å²) in [6.07, 6.45) is 0.533. The first-order chi connectivity index (χ1) is 11.8. The third kappa shape index (κ3) is 3.76. The van der Waals surface area contributed by atoms with E-state index in [4.69, 9.17) is 23.2 Å². The summed E-state index contributed by atoms with van der Waals surface area (Å²) in [5.74, 6) is -0.361. The Labute approximate surface area is 154 Å². The molecule has 0 aliphatic rings. The first kappa shape index (κ1) is 17.7. The van der Waals surface area contributed by atoms with Crippen LogP contribution in [0.2, 0.25) is 10.0 Å². The summed E-state index contributed by atoms with van der Waals surface area (Å²) in [4.78, 5) is 16.8. The first-order valence-corrected chi connectivity index (χ1v) is 8.35. The third-order valence-electron chi connectivity index (χ3n) is 3.75. The monoisotopic (exact) mass is 378 g/mol. The molecular formula is C17H16Cl2N4O2. The van der Waals surface area contributed by atoms with Crippen LogP contribution in [0.4, 0.5) is 0 Å². The number of nitrogens with one attached hydrogen (secondary N) is 1. The largest absolute Gasteiger partial charge is 0.387 e. The molecule has 1 amide bonds. The second kappa shape index (κ2) is 7.00.